The molecular formula is C13H20FNO. The Morgan fingerprint density at radius 3 is 2.31 bits per heavy atom. The second-order valence-corrected chi connectivity index (χ2v) is 5.36. The zero-order chi connectivity index (χ0) is 12.5. The van der Waals surface area contributed by atoms with E-state index in [1.54, 1.807) is 12.1 Å². The van der Waals surface area contributed by atoms with E-state index < -0.39 is 12.1 Å². The first-order valence-corrected chi connectivity index (χ1v) is 5.43. The van der Waals surface area contributed by atoms with Crippen molar-refractivity contribution < 1.29 is 9.50 Å². The van der Waals surface area contributed by atoms with E-state index in [4.69, 9.17) is 5.73 Å². The molecule has 0 heterocycles. The number of halogens is 1. The lowest BCUT2D eigenvalue weighted by Crippen LogP contribution is -2.37. The number of hydrogen-bond acceptors (Lipinski definition) is 2. The molecule has 0 aliphatic carbocycles. The highest BCUT2D eigenvalue weighted by Crippen LogP contribution is 2.29. The van der Waals surface area contributed by atoms with E-state index in [0.29, 0.717) is 5.56 Å². The third kappa shape index (κ3) is 2.80. The van der Waals surface area contributed by atoms with Crippen molar-refractivity contribution in [2.45, 2.75) is 39.8 Å². The molecule has 0 spiro atoms. The zero-order valence-corrected chi connectivity index (χ0v) is 10.3. The van der Waals surface area contributed by atoms with Gasteiger partial charge in [-0.2, -0.15) is 0 Å². The molecule has 0 amide bonds. The van der Waals surface area contributed by atoms with E-state index in [0.717, 1.165) is 5.56 Å². The lowest BCUT2D eigenvalue weighted by Gasteiger charge is -2.31. The summed E-state index contributed by atoms with van der Waals surface area (Å²) in [5, 5.41) is 10.0. The molecular weight excluding hydrogens is 205 g/mol. The van der Waals surface area contributed by atoms with Crippen LogP contribution in [0.15, 0.2) is 18.2 Å². The highest BCUT2D eigenvalue weighted by Gasteiger charge is 2.30. The average molecular weight is 225 g/mol. The maximum Gasteiger partial charge on any atom is 0.128 e. The van der Waals surface area contributed by atoms with E-state index in [-0.39, 0.29) is 11.2 Å². The summed E-state index contributed by atoms with van der Waals surface area (Å²) in [6.07, 6.45) is -0.773. The Kier molecular flexibility index (Phi) is 3.71. The van der Waals surface area contributed by atoms with Crippen LogP contribution in [0.1, 0.15) is 37.9 Å². The van der Waals surface area contributed by atoms with Gasteiger partial charge < -0.3 is 10.8 Å². The monoisotopic (exact) mass is 225 g/mol. The Hall–Kier alpha value is -0.930. The van der Waals surface area contributed by atoms with Crippen LogP contribution in [-0.2, 0) is 0 Å². The van der Waals surface area contributed by atoms with Gasteiger partial charge in [0.15, 0.2) is 0 Å². The normalized spacial score (nSPS) is 15.9. The van der Waals surface area contributed by atoms with Gasteiger partial charge in [-0.05, 0) is 24.0 Å². The Morgan fingerprint density at radius 1 is 1.31 bits per heavy atom. The standard InChI is InChI=1S/C13H20FNO/c1-8-5-6-9(10(14)7-8)11(15)12(16)13(2,3)4/h5-7,11-12,16H,15H2,1-4H3/t11-,12-/m0/s1. The topological polar surface area (TPSA) is 46.2 Å². The predicted octanol–water partition coefficient (Wildman–Crippen LogP) is 2.54. The Labute approximate surface area is 96.3 Å². The summed E-state index contributed by atoms with van der Waals surface area (Å²) >= 11 is 0. The highest BCUT2D eigenvalue weighted by atomic mass is 19.1. The fraction of sp³-hybridized carbons (Fsp3) is 0.538. The van der Waals surface area contributed by atoms with Gasteiger partial charge in [0.1, 0.15) is 5.82 Å². The van der Waals surface area contributed by atoms with Gasteiger partial charge >= 0.3 is 0 Å². The molecule has 2 nitrogen and oxygen atoms in total. The Balaban J connectivity index is 3.01. The number of aliphatic hydroxyl groups is 1. The van der Waals surface area contributed by atoms with Crippen LogP contribution in [0.3, 0.4) is 0 Å². The van der Waals surface area contributed by atoms with Crippen LogP contribution in [0.5, 0.6) is 0 Å². The minimum absolute atomic E-state index is 0.351. The minimum Gasteiger partial charge on any atom is -0.391 e. The Bertz CT molecular complexity index is 371. The average Bonchev–Trinajstić information content (AvgIpc) is 2.14. The quantitative estimate of drug-likeness (QED) is 0.812. The van der Waals surface area contributed by atoms with Gasteiger partial charge in [-0.1, -0.05) is 32.9 Å². The second kappa shape index (κ2) is 4.52. The first-order valence-electron chi connectivity index (χ1n) is 5.43. The molecule has 0 bridgehead atoms. The molecule has 3 heteroatoms. The number of benzene rings is 1. The predicted molar refractivity (Wildman–Crippen MR) is 63.5 cm³/mol. The van der Waals surface area contributed by atoms with Crippen molar-refractivity contribution in [3.8, 4) is 0 Å². The number of aliphatic hydroxyl groups excluding tert-OH is 1. The summed E-state index contributed by atoms with van der Waals surface area (Å²) in [5.41, 5.74) is 6.74. The summed E-state index contributed by atoms with van der Waals surface area (Å²) in [6, 6.07) is 4.18. The van der Waals surface area contributed by atoms with E-state index >= 15 is 0 Å². The molecule has 0 aromatic heterocycles. The van der Waals surface area contributed by atoms with Crippen LogP contribution in [0, 0.1) is 18.2 Å². The number of nitrogens with two attached hydrogens (primary N) is 1. The minimum atomic E-state index is -0.773. The van der Waals surface area contributed by atoms with Crippen molar-refractivity contribution in [3.63, 3.8) is 0 Å². The molecule has 16 heavy (non-hydrogen) atoms. The molecule has 0 saturated carbocycles. The van der Waals surface area contributed by atoms with Gasteiger partial charge in [0.25, 0.3) is 0 Å². The van der Waals surface area contributed by atoms with Crippen LogP contribution >= 0.6 is 0 Å². The van der Waals surface area contributed by atoms with Crippen LogP contribution < -0.4 is 5.73 Å². The molecule has 0 aliphatic rings. The first kappa shape index (κ1) is 13.1. The van der Waals surface area contributed by atoms with Crippen molar-refractivity contribution in [2.24, 2.45) is 11.1 Å². The summed E-state index contributed by atoms with van der Waals surface area (Å²) < 4.78 is 13.7. The molecule has 0 fully saturated rings. The van der Waals surface area contributed by atoms with E-state index in [1.165, 1.54) is 6.07 Å². The molecule has 1 aromatic rings. The molecule has 0 unspecified atom stereocenters. The maximum absolute atomic E-state index is 13.7. The lowest BCUT2D eigenvalue weighted by atomic mass is 9.82. The lowest BCUT2D eigenvalue weighted by molar-refractivity contribution is 0.0391. The van der Waals surface area contributed by atoms with Crippen LogP contribution in [0.2, 0.25) is 0 Å². The fourth-order valence-corrected chi connectivity index (χ4v) is 1.61. The van der Waals surface area contributed by atoms with Crippen molar-refractivity contribution in [3.05, 3.63) is 35.1 Å². The summed E-state index contributed by atoms with van der Waals surface area (Å²) in [4.78, 5) is 0. The van der Waals surface area contributed by atoms with Gasteiger partial charge in [-0.25, -0.2) is 4.39 Å². The van der Waals surface area contributed by atoms with E-state index in [9.17, 15) is 9.50 Å². The van der Waals surface area contributed by atoms with Crippen molar-refractivity contribution >= 4 is 0 Å². The highest BCUT2D eigenvalue weighted by molar-refractivity contribution is 5.27. The van der Waals surface area contributed by atoms with Crippen LogP contribution in [-0.4, -0.2) is 11.2 Å². The summed E-state index contributed by atoms with van der Waals surface area (Å²) in [7, 11) is 0. The molecule has 0 radical (unpaired) electrons. The van der Waals surface area contributed by atoms with Gasteiger partial charge in [-0.15, -0.1) is 0 Å². The van der Waals surface area contributed by atoms with Gasteiger partial charge in [-0.3, -0.25) is 0 Å². The molecule has 90 valence electrons. The van der Waals surface area contributed by atoms with E-state index in [1.807, 2.05) is 27.7 Å². The molecule has 3 N–H and O–H groups in total. The number of hydrogen-bond donors (Lipinski definition) is 2. The number of rotatable bonds is 2. The third-order valence-corrected chi connectivity index (χ3v) is 2.74. The van der Waals surface area contributed by atoms with Crippen LogP contribution in [0.25, 0.3) is 0 Å². The fourth-order valence-electron chi connectivity index (χ4n) is 1.61. The van der Waals surface area contributed by atoms with Crippen molar-refractivity contribution in [2.75, 3.05) is 0 Å². The molecule has 0 aliphatic heterocycles. The number of aryl methyl sites for hydroxylation is 1. The Morgan fingerprint density at radius 2 is 1.88 bits per heavy atom. The molecule has 1 aromatic carbocycles. The van der Waals surface area contributed by atoms with Crippen molar-refractivity contribution in [1.29, 1.82) is 0 Å². The first-order chi connectivity index (χ1) is 7.23. The second-order valence-electron chi connectivity index (χ2n) is 5.36. The van der Waals surface area contributed by atoms with Gasteiger partial charge in [0.2, 0.25) is 0 Å². The maximum atomic E-state index is 13.7. The molecule has 2 atom stereocenters. The van der Waals surface area contributed by atoms with Gasteiger partial charge in [0, 0.05) is 5.56 Å². The van der Waals surface area contributed by atoms with Crippen molar-refractivity contribution in [1.82, 2.24) is 0 Å². The SMILES string of the molecule is Cc1ccc([C@H](N)[C@H](O)C(C)(C)C)c(F)c1. The van der Waals surface area contributed by atoms with Crippen LogP contribution in [0.4, 0.5) is 4.39 Å². The summed E-state index contributed by atoms with van der Waals surface area (Å²) in [6.45, 7) is 7.45. The summed E-state index contributed by atoms with van der Waals surface area (Å²) in [5.74, 6) is -0.351. The third-order valence-electron chi connectivity index (χ3n) is 2.74. The molecule has 1 rings (SSSR count). The zero-order valence-electron chi connectivity index (χ0n) is 10.3. The molecule has 0 saturated heterocycles. The van der Waals surface area contributed by atoms with E-state index in [2.05, 4.69) is 0 Å². The largest absolute Gasteiger partial charge is 0.391 e. The van der Waals surface area contributed by atoms with Gasteiger partial charge in [0.05, 0.1) is 12.1 Å². The smallest absolute Gasteiger partial charge is 0.128 e.